The van der Waals surface area contributed by atoms with E-state index in [0.717, 1.165) is 0 Å². The summed E-state index contributed by atoms with van der Waals surface area (Å²) in [6, 6.07) is 12.8. The zero-order valence-electron chi connectivity index (χ0n) is 19.2. The van der Waals surface area contributed by atoms with Crippen LogP contribution in [0.15, 0.2) is 78.4 Å². The maximum absolute atomic E-state index is 15.0. The molecule has 1 aliphatic carbocycles. The first-order chi connectivity index (χ1) is 17.4. The Balaban J connectivity index is 1.61. The number of para-hydroxylation sites is 1. The third kappa shape index (κ3) is 5.23. The number of fused-ring (bicyclic) bond motifs is 1. The molecule has 1 atom stereocenters. The minimum atomic E-state index is -1.13. The fourth-order valence-electron chi connectivity index (χ4n) is 3.71. The summed E-state index contributed by atoms with van der Waals surface area (Å²) in [5.74, 6) is -3.28. The van der Waals surface area contributed by atoms with Gasteiger partial charge in [0, 0.05) is 24.8 Å². The monoisotopic (exact) mass is 491 g/mol. The van der Waals surface area contributed by atoms with Crippen LogP contribution in [0.4, 0.5) is 9.18 Å². The lowest BCUT2D eigenvalue weighted by Crippen LogP contribution is -2.29. The Bertz CT molecular complexity index is 1390. The van der Waals surface area contributed by atoms with Gasteiger partial charge in [-0.3, -0.25) is 19.9 Å². The van der Waals surface area contributed by atoms with Crippen molar-refractivity contribution in [1.82, 2.24) is 10.3 Å². The Morgan fingerprint density at radius 1 is 1.14 bits per heavy atom. The molecule has 0 saturated carbocycles. The summed E-state index contributed by atoms with van der Waals surface area (Å²) in [7, 11) is 1.52. The molecule has 0 aliphatic heterocycles. The van der Waals surface area contributed by atoms with Crippen molar-refractivity contribution in [3.05, 3.63) is 89.5 Å². The van der Waals surface area contributed by atoms with Gasteiger partial charge in [-0.25, -0.2) is 9.18 Å². The van der Waals surface area contributed by atoms with Crippen molar-refractivity contribution in [3.63, 3.8) is 0 Å². The first-order valence-corrected chi connectivity index (χ1v) is 10.9. The Hall–Kier alpha value is -4.57. The molecule has 0 radical (unpaired) electrons. The topological polar surface area (TPSA) is 130 Å². The summed E-state index contributed by atoms with van der Waals surface area (Å²) in [5, 5.41) is 2.68. The van der Waals surface area contributed by atoms with Crippen LogP contribution in [-0.4, -0.2) is 43.1 Å². The highest BCUT2D eigenvalue weighted by Crippen LogP contribution is 2.35. The number of amides is 2. The SMILES string of the molecule is COCCOc1cc2nccc(C3C=CC(NC(=O)Oc4ccccc4)=C(F)C3=O)c2cc1C(N)=O. The van der Waals surface area contributed by atoms with Gasteiger partial charge in [-0.15, -0.1) is 0 Å². The molecule has 4 rings (SSSR count). The molecule has 0 bridgehead atoms. The van der Waals surface area contributed by atoms with E-state index in [2.05, 4.69) is 10.3 Å². The first kappa shape index (κ1) is 24.6. The number of halogens is 1. The largest absolute Gasteiger partial charge is 0.490 e. The van der Waals surface area contributed by atoms with E-state index in [0.29, 0.717) is 23.1 Å². The standard InChI is InChI=1S/C26H22FN3O6/c1-34-11-12-35-22-14-21-18(13-19(22)25(28)32)16(9-10-29-21)17-7-8-20(23(27)24(17)31)30-26(33)36-15-5-3-2-4-6-15/h2-10,13-14,17H,11-12H2,1H3,(H2,28,32)(H,30,33). The molecular formula is C26H22FN3O6. The normalized spacial score (nSPS) is 15.2. The molecule has 1 aliphatic rings. The summed E-state index contributed by atoms with van der Waals surface area (Å²) in [6.45, 7) is 0.482. The van der Waals surface area contributed by atoms with Crippen LogP contribution in [-0.2, 0) is 9.53 Å². The average Bonchev–Trinajstić information content (AvgIpc) is 2.87. The zero-order chi connectivity index (χ0) is 25.7. The molecule has 0 spiro atoms. The van der Waals surface area contributed by atoms with E-state index in [4.69, 9.17) is 19.9 Å². The Morgan fingerprint density at radius 3 is 2.64 bits per heavy atom. The maximum Gasteiger partial charge on any atom is 0.417 e. The summed E-state index contributed by atoms with van der Waals surface area (Å²) >= 11 is 0. The third-order valence-corrected chi connectivity index (χ3v) is 5.40. The molecule has 10 heteroatoms. The van der Waals surface area contributed by atoms with E-state index < -0.39 is 29.5 Å². The van der Waals surface area contributed by atoms with E-state index >= 15 is 4.39 Å². The lowest BCUT2D eigenvalue weighted by molar-refractivity contribution is -0.117. The lowest BCUT2D eigenvalue weighted by Gasteiger charge is -2.20. The highest BCUT2D eigenvalue weighted by atomic mass is 19.1. The number of nitrogens with one attached hydrogen (secondary N) is 1. The molecular weight excluding hydrogens is 469 g/mol. The Morgan fingerprint density at radius 2 is 1.92 bits per heavy atom. The van der Waals surface area contributed by atoms with Gasteiger partial charge >= 0.3 is 6.09 Å². The Kier molecular flexibility index (Phi) is 7.36. The minimum absolute atomic E-state index is 0.0853. The van der Waals surface area contributed by atoms with Gasteiger partial charge in [-0.05, 0) is 35.9 Å². The van der Waals surface area contributed by atoms with Crippen LogP contribution in [0.3, 0.4) is 0 Å². The van der Waals surface area contributed by atoms with E-state index in [9.17, 15) is 14.4 Å². The molecule has 1 unspecified atom stereocenters. The second kappa shape index (κ2) is 10.8. The number of Topliss-reactive ketones (excluding diaryl/α,β-unsaturated/α-hetero) is 1. The summed E-state index contributed by atoms with van der Waals surface area (Å²) in [4.78, 5) is 41.4. The molecule has 36 heavy (non-hydrogen) atoms. The molecule has 2 amide bonds. The molecule has 0 saturated heterocycles. The van der Waals surface area contributed by atoms with Gasteiger partial charge in [0.2, 0.25) is 5.78 Å². The molecule has 1 heterocycles. The highest BCUT2D eigenvalue weighted by Gasteiger charge is 2.30. The zero-order valence-corrected chi connectivity index (χ0v) is 19.2. The number of ketones is 1. The molecule has 3 N–H and O–H groups in total. The summed E-state index contributed by atoms with van der Waals surface area (Å²) < 4.78 is 30.6. The number of nitrogens with two attached hydrogens (primary N) is 1. The van der Waals surface area contributed by atoms with Gasteiger partial charge < -0.3 is 19.9 Å². The van der Waals surface area contributed by atoms with Crippen LogP contribution >= 0.6 is 0 Å². The van der Waals surface area contributed by atoms with Crippen molar-refractivity contribution >= 4 is 28.7 Å². The number of methoxy groups -OCH3 is 1. The number of hydrogen-bond donors (Lipinski definition) is 2. The number of nitrogens with zero attached hydrogens (tertiary/aromatic N) is 1. The van der Waals surface area contributed by atoms with Gasteiger partial charge in [-0.2, -0.15) is 0 Å². The van der Waals surface area contributed by atoms with Crippen molar-refractivity contribution in [3.8, 4) is 11.5 Å². The van der Waals surface area contributed by atoms with Gasteiger partial charge in [0.15, 0.2) is 5.83 Å². The Labute approximate surface area is 205 Å². The summed E-state index contributed by atoms with van der Waals surface area (Å²) in [6.07, 6.45) is 3.26. The summed E-state index contributed by atoms with van der Waals surface area (Å²) in [5.41, 5.74) is 6.14. The molecule has 0 fully saturated rings. The molecule has 9 nitrogen and oxygen atoms in total. The van der Waals surface area contributed by atoms with Crippen molar-refractivity contribution in [1.29, 1.82) is 0 Å². The van der Waals surface area contributed by atoms with Crippen molar-refractivity contribution < 1.29 is 33.0 Å². The second-order valence-corrected chi connectivity index (χ2v) is 7.73. The first-order valence-electron chi connectivity index (χ1n) is 10.9. The van der Waals surface area contributed by atoms with Crippen molar-refractivity contribution in [2.75, 3.05) is 20.3 Å². The lowest BCUT2D eigenvalue weighted by atomic mass is 9.87. The number of pyridine rings is 1. The predicted molar refractivity (Wildman–Crippen MR) is 128 cm³/mol. The number of benzene rings is 2. The van der Waals surface area contributed by atoms with Crippen LogP contribution in [0.1, 0.15) is 21.8 Å². The van der Waals surface area contributed by atoms with Crippen LogP contribution < -0.4 is 20.5 Å². The van der Waals surface area contributed by atoms with E-state index in [1.807, 2.05) is 0 Å². The van der Waals surface area contributed by atoms with Crippen LogP contribution in [0.25, 0.3) is 10.9 Å². The van der Waals surface area contributed by atoms with Crippen LogP contribution in [0.5, 0.6) is 11.5 Å². The van der Waals surface area contributed by atoms with Crippen LogP contribution in [0, 0.1) is 0 Å². The number of carbonyl (C=O) groups excluding carboxylic acids is 3. The molecule has 1 aromatic heterocycles. The molecule has 184 valence electrons. The maximum atomic E-state index is 15.0. The fourth-order valence-corrected chi connectivity index (χ4v) is 3.71. The number of primary amides is 1. The van der Waals surface area contributed by atoms with E-state index in [-0.39, 0.29) is 29.4 Å². The number of rotatable bonds is 8. The number of ether oxygens (including phenoxy) is 3. The minimum Gasteiger partial charge on any atom is -0.490 e. The van der Waals surface area contributed by atoms with Gasteiger partial charge in [0.25, 0.3) is 5.91 Å². The third-order valence-electron chi connectivity index (χ3n) is 5.40. The van der Waals surface area contributed by atoms with Gasteiger partial charge in [0.05, 0.1) is 29.3 Å². The van der Waals surface area contributed by atoms with Crippen molar-refractivity contribution in [2.24, 2.45) is 5.73 Å². The molecule has 3 aromatic rings. The number of aromatic nitrogens is 1. The quantitative estimate of drug-likeness (QED) is 0.461. The smallest absolute Gasteiger partial charge is 0.417 e. The van der Waals surface area contributed by atoms with E-state index in [1.165, 1.54) is 37.6 Å². The van der Waals surface area contributed by atoms with Crippen LogP contribution in [0.2, 0.25) is 0 Å². The van der Waals surface area contributed by atoms with Gasteiger partial charge in [-0.1, -0.05) is 24.3 Å². The van der Waals surface area contributed by atoms with E-state index in [1.54, 1.807) is 36.4 Å². The van der Waals surface area contributed by atoms with Gasteiger partial charge in [0.1, 0.15) is 18.1 Å². The highest BCUT2D eigenvalue weighted by molar-refractivity contribution is 6.06. The number of hydrogen-bond acceptors (Lipinski definition) is 7. The number of carbonyl (C=O) groups is 3. The molecule has 2 aromatic carbocycles. The average molecular weight is 491 g/mol. The van der Waals surface area contributed by atoms with Crippen molar-refractivity contribution in [2.45, 2.75) is 5.92 Å². The predicted octanol–water partition coefficient (Wildman–Crippen LogP) is 3.55. The number of allylic oxidation sites excluding steroid dienone is 3. The second-order valence-electron chi connectivity index (χ2n) is 7.73. The fraction of sp³-hybridized carbons (Fsp3) is 0.154.